The summed E-state index contributed by atoms with van der Waals surface area (Å²) in [5.74, 6) is -2.70. The number of hydrogen-bond donors (Lipinski definition) is 0. The third-order valence-corrected chi connectivity index (χ3v) is 7.67. The monoisotopic (exact) mass is 497 g/mol. The first kappa shape index (κ1) is 24.0. The van der Waals surface area contributed by atoms with Gasteiger partial charge in [-0.2, -0.15) is 13.2 Å². The van der Waals surface area contributed by atoms with Crippen LogP contribution in [0.15, 0.2) is 30.3 Å². The number of benzene rings is 1. The molecule has 8 nitrogen and oxygen atoms in total. The summed E-state index contributed by atoms with van der Waals surface area (Å²) in [5, 5.41) is 0. The molecule has 0 bridgehead atoms. The fourth-order valence-corrected chi connectivity index (χ4v) is 6.15. The van der Waals surface area contributed by atoms with Gasteiger partial charge in [-0.15, -0.1) is 0 Å². The number of carbonyl (C=O) groups excluding carboxylic acids is 2. The second-order valence-electron chi connectivity index (χ2n) is 8.30. The SMILES string of the molecule is Cc1cc(C(=O)COC(=O)Cn2c(C(F)(F)F)nc3ccccc32)c(C)n1C1CCS(=O)(=O)C1. The molecule has 182 valence electrons. The lowest BCUT2D eigenvalue weighted by atomic mass is 10.1. The van der Waals surface area contributed by atoms with Crippen molar-refractivity contribution in [3.63, 3.8) is 0 Å². The van der Waals surface area contributed by atoms with Crippen molar-refractivity contribution in [3.8, 4) is 0 Å². The number of aryl methyl sites for hydroxylation is 1. The van der Waals surface area contributed by atoms with Crippen LogP contribution in [-0.2, 0) is 32.1 Å². The molecule has 1 aliphatic heterocycles. The van der Waals surface area contributed by atoms with Crippen LogP contribution in [0.25, 0.3) is 11.0 Å². The molecular weight excluding hydrogens is 475 g/mol. The number of alkyl halides is 3. The van der Waals surface area contributed by atoms with Gasteiger partial charge in [-0.25, -0.2) is 13.4 Å². The number of para-hydroxylation sites is 2. The maximum atomic E-state index is 13.4. The number of ketones is 1. The van der Waals surface area contributed by atoms with Gasteiger partial charge in [0.1, 0.15) is 6.54 Å². The maximum absolute atomic E-state index is 13.4. The molecule has 0 N–H and O–H groups in total. The van der Waals surface area contributed by atoms with Crippen molar-refractivity contribution in [2.45, 2.75) is 39.0 Å². The molecule has 1 atom stereocenters. The van der Waals surface area contributed by atoms with Crippen LogP contribution >= 0.6 is 0 Å². The van der Waals surface area contributed by atoms with Crippen molar-refractivity contribution < 1.29 is 35.9 Å². The Morgan fingerprint density at radius 1 is 1.21 bits per heavy atom. The van der Waals surface area contributed by atoms with Crippen LogP contribution in [0.2, 0.25) is 0 Å². The largest absolute Gasteiger partial charge is 0.456 e. The van der Waals surface area contributed by atoms with Gasteiger partial charge in [0.2, 0.25) is 11.6 Å². The number of imidazole rings is 1. The minimum Gasteiger partial charge on any atom is -0.456 e. The molecule has 2 aromatic heterocycles. The van der Waals surface area contributed by atoms with Crippen LogP contribution < -0.4 is 0 Å². The summed E-state index contributed by atoms with van der Waals surface area (Å²) in [6, 6.07) is 7.20. The predicted octanol–water partition coefficient (Wildman–Crippen LogP) is 3.26. The first-order valence-corrected chi connectivity index (χ1v) is 12.3. The van der Waals surface area contributed by atoms with Gasteiger partial charge in [0, 0.05) is 23.0 Å². The zero-order chi connectivity index (χ0) is 24.8. The Hall–Kier alpha value is -3.15. The Labute approximate surface area is 193 Å². The topological polar surface area (TPSA) is 100 Å². The lowest BCUT2D eigenvalue weighted by Crippen LogP contribution is -2.22. The number of carbonyl (C=O) groups is 2. The van der Waals surface area contributed by atoms with E-state index >= 15 is 0 Å². The van der Waals surface area contributed by atoms with Gasteiger partial charge in [0.25, 0.3) is 0 Å². The molecule has 1 aromatic carbocycles. The summed E-state index contributed by atoms with van der Waals surface area (Å²) in [5.41, 5.74) is 1.74. The Morgan fingerprint density at radius 2 is 1.91 bits per heavy atom. The third-order valence-electron chi connectivity index (χ3n) is 5.92. The maximum Gasteiger partial charge on any atom is 0.449 e. The van der Waals surface area contributed by atoms with Crippen LogP contribution in [0.5, 0.6) is 0 Å². The van der Waals surface area contributed by atoms with E-state index in [2.05, 4.69) is 4.98 Å². The van der Waals surface area contributed by atoms with Gasteiger partial charge in [0.15, 0.2) is 16.4 Å². The van der Waals surface area contributed by atoms with E-state index in [1.54, 1.807) is 24.5 Å². The van der Waals surface area contributed by atoms with Crippen LogP contribution in [0.4, 0.5) is 13.2 Å². The van der Waals surface area contributed by atoms with Gasteiger partial charge >= 0.3 is 12.1 Å². The molecule has 0 spiro atoms. The Balaban J connectivity index is 1.48. The van der Waals surface area contributed by atoms with Crippen molar-refractivity contribution in [2.75, 3.05) is 18.1 Å². The molecule has 0 amide bonds. The van der Waals surface area contributed by atoms with Crippen molar-refractivity contribution in [1.29, 1.82) is 0 Å². The second kappa shape index (κ2) is 8.57. The van der Waals surface area contributed by atoms with E-state index in [4.69, 9.17) is 4.74 Å². The number of fused-ring (bicyclic) bond motifs is 1. The van der Waals surface area contributed by atoms with E-state index < -0.39 is 46.7 Å². The molecule has 3 heterocycles. The van der Waals surface area contributed by atoms with Crippen molar-refractivity contribution in [2.24, 2.45) is 0 Å². The Bertz CT molecular complexity index is 1390. The van der Waals surface area contributed by atoms with Gasteiger partial charge in [0.05, 0.1) is 22.5 Å². The number of esters is 1. The fourth-order valence-electron chi connectivity index (χ4n) is 4.45. The highest BCUT2D eigenvalue weighted by atomic mass is 32.2. The summed E-state index contributed by atoms with van der Waals surface area (Å²) in [4.78, 5) is 28.6. The van der Waals surface area contributed by atoms with E-state index in [1.807, 2.05) is 0 Å². The molecule has 34 heavy (non-hydrogen) atoms. The molecule has 0 saturated carbocycles. The number of aromatic nitrogens is 3. The van der Waals surface area contributed by atoms with Crippen LogP contribution in [-0.4, -0.2) is 52.4 Å². The van der Waals surface area contributed by atoms with E-state index in [-0.39, 0.29) is 34.1 Å². The molecule has 12 heteroatoms. The summed E-state index contributed by atoms with van der Waals surface area (Å²) in [6.45, 7) is 2.02. The number of sulfone groups is 1. The molecular formula is C22H22F3N3O5S. The van der Waals surface area contributed by atoms with Gasteiger partial charge in [-0.1, -0.05) is 12.1 Å². The van der Waals surface area contributed by atoms with Gasteiger partial charge in [-0.05, 0) is 38.5 Å². The van der Waals surface area contributed by atoms with Gasteiger partial charge < -0.3 is 13.9 Å². The minimum absolute atomic E-state index is 0.00756. The lowest BCUT2D eigenvalue weighted by Gasteiger charge is -2.16. The summed E-state index contributed by atoms with van der Waals surface area (Å²) >= 11 is 0. The van der Waals surface area contributed by atoms with Crippen LogP contribution in [0, 0.1) is 13.8 Å². The smallest absolute Gasteiger partial charge is 0.449 e. The number of nitrogens with zero attached hydrogens (tertiary/aromatic N) is 3. The van der Waals surface area contributed by atoms with E-state index in [1.165, 1.54) is 24.3 Å². The molecule has 4 rings (SSSR count). The van der Waals surface area contributed by atoms with E-state index in [0.29, 0.717) is 22.4 Å². The lowest BCUT2D eigenvalue weighted by molar-refractivity contribution is -0.150. The average Bonchev–Trinajstić information content (AvgIpc) is 3.39. The zero-order valence-corrected chi connectivity index (χ0v) is 19.2. The Morgan fingerprint density at radius 3 is 2.56 bits per heavy atom. The predicted molar refractivity (Wildman–Crippen MR) is 116 cm³/mol. The first-order chi connectivity index (χ1) is 15.9. The normalized spacial score (nSPS) is 17.9. The standard InChI is InChI=1S/C22H22F3N3O5S/c1-13-9-16(14(2)28(13)15-7-8-34(31,32)12-15)19(29)11-33-20(30)10-27-18-6-4-3-5-17(18)26-21(27)22(23,24)25/h3-6,9,15H,7-8,10-12H2,1-2H3. The Kier molecular flexibility index (Phi) is 6.05. The summed E-state index contributed by atoms with van der Waals surface area (Å²) in [7, 11) is -3.13. The number of Topliss-reactive ketones (excluding diaryl/α,β-unsaturated/α-hetero) is 1. The molecule has 3 aromatic rings. The number of hydrogen-bond acceptors (Lipinski definition) is 6. The zero-order valence-electron chi connectivity index (χ0n) is 18.4. The number of halogens is 3. The number of ether oxygens (including phenoxy) is 1. The quantitative estimate of drug-likeness (QED) is 0.383. The van der Waals surface area contributed by atoms with E-state index in [0.717, 1.165) is 0 Å². The van der Waals surface area contributed by atoms with Crippen molar-refractivity contribution in [3.05, 3.63) is 53.1 Å². The highest BCUT2D eigenvalue weighted by Crippen LogP contribution is 2.32. The summed E-state index contributed by atoms with van der Waals surface area (Å²) < 4.78 is 71.4. The molecule has 1 unspecified atom stereocenters. The van der Waals surface area contributed by atoms with Crippen LogP contribution in [0.3, 0.4) is 0 Å². The molecule has 1 aliphatic rings. The summed E-state index contributed by atoms with van der Waals surface area (Å²) in [6.07, 6.45) is -4.33. The molecule has 1 saturated heterocycles. The van der Waals surface area contributed by atoms with Gasteiger partial charge in [-0.3, -0.25) is 9.59 Å². The number of rotatable bonds is 6. The second-order valence-corrected chi connectivity index (χ2v) is 10.5. The average molecular weight is 497 g/mol. The van der Waals surface area contributed by atoms with E-state index in [9.17, 15) is 31.2 Å². The fraction of sp³-hybridized carbons (Fsp3) is 0.409. The minimum atomic E-state index is -4.78. The highest BCUT2D eigenvalue weighted by Gasteiger charge is 2.38. The molecule has 1 fully saturated rings. The third kappa shape index (κ3) is 4.59. The molecule has 0 radical (unpaired) electrons. The first-order valence-electron chi connectivity index (χ1n) is 10.5. The molecule has 0 aliphatic carbocycles. The highest BCUT2D eigenvalue weighted by molar-refractivity contribution is 7.91. The van der Waals surface area contributed by atoms with Crippen molar-refractivity contribution >= 4 is 32.6 Å². The van der Waals surface area contributed by atoms with Crippen LogP contribution in [0.1, 0.15) is 40.0 Å². The van der Waals surface area contributed by atoms with Crippen molar-refractivity contribution in [1.82, 2.24) is 14.1 Å².